The Hall–Kier alpha value is -3.38. The molecule has 2 aliphatic heterocycles. The van der Waals surface area contributed by atoms with E-state index >= 15 is 0 Å². The fourth-order valence-electron chi connectivity index (χ4n) is 4.69. The molecule has 6 heteroatoms. The number of ether oxygens (including phenoxy) is 1. The van der Waals surface area contributed by atoms with Crippen molar-refractivity contribution in [1.29, 1.82) is 0 Å². The molecule has 0 atom stereocenters. The number of fused-ring (bicyclic) bond motifs is 1. The second-order valence-electron chi connectivity index (χ2n) is 8.95. The van der Waals surface area contributed by atoms with Gasteiger partial charge in [-0.05, 0) is 60.4 Å². The SMILES string of the molecule is O=C(CN1CCN(c2ccc(Cc3ccc(F)cc3)cc2)CC1)N1CCCOc2ccccc21. The number of benzene rings is 3. The zero-order chi connectivity index (χ0) is 23.3. The molecule has 1 fully saturated rings. The van der Waals surface area contributed by atoms with Crippen molar-refractivity contribution >= 4 is 17.3 Å². The quantitative estimate of drug-likeness (QED) is 0.568. The van der Waals surface area contributed by atoms with E-state index in [1.807, 2.05) is 41.3 Å². The van der Waals surface area contributed by atoms with E-state index in [1.165, 1.54) is 23.4 Å². The van der Waals surface area contributed by atoms with E-state index in [9.17, 15) is 9.18 Å². The lowest BCUT2D eigenvalue weighted by Gasteiger charge is -2.36. The van der Waals surface area contributed by atoms with Crippen LogP contribution in [0.3, 0.4) is 0 Å². The van der Waals surface area contributed by atoms with Crippen LogP contribution in [0.2, 0.25) is 0 Å². The highest BCUT2D eigenvalue weighted by atomic mass is 19.1. The number of hydrogen-bond acceptors (Lipinski definition) is 4. The highest BCUT2D eigenvalue weighted by Gasteiger charge is 2.25. The van der Waals surface area contributed by atoms with Crippen LogP contribution in [0.5, 0.6) is 5.75 Å². The maximum Gasteiger partial charge on any atom is 0.241 e. The van der Waals surface area contributed by atoms with Crippen molar-refractivity contribution < 1.29 is 13.9 Å². The molecule has 0 aliphatic carbocycles. The Morgan fingerprint density at radius 2 is 1.50 bits per heavy atom. The maximum atomic E-state index is 13.1. The van der Waals surface area contributed by atoms with Crippen molar-refractivity contribution in [2.75, 3.05) is 55.7 Å². The lowest BCUT2D eigenvalue weighted by atomic mass is 10.0. The van der Waals surface area contributed by atoms with E-state index in [0.717, 1.165) is 56.0 Å². The van der Waals surface area contributed by atoms with Crippen LogP contribution in [0.15, 0.2) is 72.8 Å². The minimum absolute atomic E-state index is 0.136. The molecule has 2 heterocycles. The van der Waals surface area contributed by atoms with Crippen LogP contribution in [0.4, 0.5) is 15.8 Å². The summed E-state index contributed by atoms with van der Waals surface area (Å²) in [5, 5.41) is 0. The summed E-state index contributed by atoms with van der Waals surface area (Å²) in [6.07, 6.45) is 1.63. The van der Waals surface area contributed by atoms with E-state index < -0.39 is 0 Å². The number of amides is 1. The summed E-state index contributed by atoms with van der Waals surface area (Å²) in [5.41, 5.74) is 4.39. The van der Waals surface area contributed by atoms with Gasteiger partial charge >= 0.3 is 0 Å². The molecular weight excluding hydrogens is 429 g/mol. The van der Waals surface area contributed by atoms with Crippen LogP contribution >= 0.6 is 0 Å². The first-order valence-electron chi connectivity index (χ1n) is 12.0. The monoisotopic (exact) mass is 459 g/mol. The van der Waals surface area contributed by atoms with Gasteiger partial charge in [-0.3, -0.25) is 9.69 Å². The highest BCUT2D eigenvalue weighted by Crippen LogP contribution is 2.30. The highest BCUT2D eigenvalue weighted by molar-refractivity contribution is 5.96. The van der Waals surface area contributed by atoms with Crippen LogP contribution in [-0.4, -0.2) is 56.7 Å². The van der Waals surface area contributed by atoms with Crippen LogP contribution < -0.4 is 14.5 Å². The molecule has 3 aromatic carbocycles. The zero-order valence-corrected chi connectivity index (χ0v) is 19.3. The number of anilines is 2. The first-order valence-corrected chi connectivity index (χ1v) is 12.0. The number of halogens is 1. The third-order valence-electron chi connectivity index (χ3n) is 6.59. The number of carbonyl (C=O) groups is 1. The summed E-state index contributed by atoms with van der Waals surface area (Å²) in [5.74, 6) is 0.725. The van der Waals surface area contributed by atoms with Gasteiger partial charge in [0.1, 0.15) is 11.6 Å². The van der Waals surface area contributed by atoms with Crippen LogP contribution in [-0.2, 0) is 11.2 Å². The van der Waals surface area contributed by atoms with Gasteiger partial charge in [-0.2, -0.15) is 0 Å². The maximum absolute atomic E-state index is 13.1. The van der Waals surface area contributed by atoms with Gasteiger partial charge in [0, 0.05) is 38.4 Å². The first-order chi connectivity index (χ1) is 16.7. The Morgan fingerprint density at radius 3 is 2.24 bits per heavy atom. The third-order valence-corrected chi connectivity index (χ3v) is 6.59. The molecule has 0 unspecified atom stereocenters. The Morgan fingerprint density at radius 1 is 0.824 bits per heavy atom. The predicted molar refractivity (Wildman–Crippen MR) is 133 cm³/mol. The molecule has 5 nitrogen and oxygen atoms in total. The average molecular weight is 460 g/mol. The van der Waals surface area contributed by atoms with Gasteiger partial charge in [0.05, 0.1) is 18.8 Å². The molecule has 3 aromatic rings. The fraction of sp³-hybridized carbons (Fsp3) is 0.321. The lowest BCUT2D eigenvalue weighted by Crippen LogP contribution is -2.50. The van der Waals surface area contributed by atoms with E-state index in [-0.39, 0.29) is 11.7 Å². The molecule has 0 spiro atoms. The minimum Gasteiger partial charge on any atom is -0.491 e. The van der Waals surface area contributed by atoms with Crippen molar-refractivity contribution in [3.63, 3.8) is 0 Å². The molecule has 0 radical (unpaired) electrons. The van der Waals surface area contributed by atoms with Crippen LogP contribution in [0.1, 0.15) is 17.5 Å². The smallest absolute Gasteiger partial charge is 0.241 e. The third kappa shape index (κ3) is 5.23. The Balaban J connectivity index is 1.14. The van der Waals surface area contributed by atoms with Gasteiger partial charge < -0.3 is 14.5 Å². The number of para-hydroxylation sites is 2. The molecule has 0 aromatic heterocycles. The molecule has 1 saturated heterocycles. The van der Waals surface area contributed by atoms with Gasteiger partial charge in [-0.25, -0.2) is 4.39 Å². The van der Waals surface area contributed by atoms with Crippen molar-refractivity contribution in [3.05, 3.63) is 89.7 Å². The summed E-state index contributed by atoms with van der Waals surface area (Å²) >= 11 is 0. The van der Waals surface area contributed by atoms with Crippen LogP contribution in [0, 0.1) is 5.82 Å². The molecule has 176 valence electrons. The minimum atomic E-state index is -0.204. The Labute approximate surface area is 200 Å². The lowest BCUT2D eigenvalue weighted by molar-refractivity contribution is -0.119. The number of piperazine rings is 1. The van der Waals surface area contributed by atoms with Gasteiger partial charge in [-0.1, -0.05) is 36.4 Å². The number of nitrogens with zero attached hydrogens (tertiary/aromatic N) is 3. The molecule has 0 bridgehead atoms. The topological polar surface area (TPSA) is 36.0 Å². The van der Waals surface area contributed by atoms with E-state index in [1.54, 1.807) is 0 Å². The number of rotatable bonds is 5. The van der Waals surface area contributed by atoms with Crippen molar-refractivity contribution in [2.24, 2.45) is 0 Å². The van der Waals surface area contributed by atoms with Crippen molar-refractivity contribution in [3.8, 4) is 5.75 Å². The Kier molecular flexibility index (Phi) is 6.77. The van der Waals surface area contributed by atoms with E-state index in [0.29, 0.717) is 19.7 Å². The summed E-state index contributed by atoms with van der Waals surface area (Å²) in [6.45, 7) is 5.26. The number of hydrogen-bond donors (Lipinski definition) is 0. The second kappa shape index (κ2) is 10.3. The van der Waals surface area contributed by atoms with E-state index in [4.69, 9.17) is 4.74 Å². The van der Waals surface area contributed by atoms with Crippen molar-refractivity contribution in [2.45, 2.75) is 12.8 Å². The van der Waals surface area contributed by atoms with Gasteiger partial charge in [0.2, 0.25) is 5.91 Å². The van der Waals surface area contributed by atoms with Crippen LogP contribution in [0.25, 0.3) is 0 Å². The average Bonchev–Trinajstić information content (AvgIpc) is 3.09. The number of carbonyl (C=O) groups excluding carboxylic acids is 1. The Bertz CT molecular complexity index is 1110. The van der Waals surface area contributed by atoms with E-state index in [2.05, 4.69) is 34.1 Å². The normalized spacial score (nSPS) is 16.5. The molecule has 2 aliphatic rings. The van der Waals surface area contributed by atoms with Gasteiger partial charge in [-0.15, -0.1) is 0 Å². The molecule has 0 N–H and O–H groups in total. The largest absolute Gasteiger partial charge is 0.491 e. The molecule has 34 heavy (non-hydrogen) atoms. The predicted octanol–water partition coefficient (Wildman–Crippen LogP) is 4.35. The molecular formula is C28H30FN3O2. The zero-order valence-electron chi connectivity index (χ0n) is 19.3. The molecule has 5 rings (SSSR count). The summed E-state index contributed by atoms with van der Waals surface area (Å²) in [6, 6.07) is 23.1. The fourth-order valence-corrected chi connectivity index (χ4v) is 4.69. The summed E-state index contributed by atoms with van der Waals surface area (Å²) < 4.78 is 18.9. The summed E-state index contributed by atoms with van der Waals surface area (Å²) in [7, 11) is 0. The standard InChI is InChI=1S/C28H30FN3O2/c29-24-10-6-22(7-11-24)20-23-8-12-25(13-9-23)31-17-15-30(16-18-31)21-28(33)32-14-3-19-34-27-5-2-1-4-26(27)32/h1-2,4-13H,3,14-21H2. The molecule has 0 saturated carbocycles. The first kappa shape index (κ1) is 22.4. The van der Waals surface area contributed by atoms with Gasteiger partial charge in [0.25, 0.3) is 0 Å². The van der Waals surface area contributed by atoms with Gasteiger partial charge in [0.15, 0.2) is 0 Å². The molecule has 1 amide bonds. The van der Waals surface area contributed by atoms with Crippen molar-refractivity contribution in [1.82, 2.24) is 4.90 Å². The second-order valence-corrected chi connectivity index (χ2v) is 8.95. The summed E-state index contributed by atoms with van der Waals surface area (Å²) in [4.78, 5) is 19.6.